The van der Waals surface area contributed by atoms with Crippen molar-refractivity contribution in [2.24, 2.45) is 0 Å². The number of halogens is 2. The van der Waals surface area contributed by atoms with Crippen LogP contribution in [0.15, 0.2) is 18.2 Å². The quantitative estimate of drug-likeness (QED) is 0.733. The van der Waals surface area contributed by atoms with Gasteiger partial charge in [0.25, 0.3) is 0 Å². The molecule has 3 nitrogen and oxygen atoms in total. The monoisotopic (exact) mass is 310 g/mol. The number of aryl methyl sites for hydroxylation is 2. The molecule has 0 fully saturated rings. The lowest BCUT2D eigenvalue weighted by Crippen LogP contribution is -2.01. The molecule has 1 aromatic heterocycles. The van der Waals surface area contributed by atoms with Gasteiger partial charge in [-0.15, -0.1) is 0 Å². The molecule has 0 amide bonds. The number of benzene rings is 1. The van der Waals surface area contributed by atoms with E-state index >= 15 is 0 Å². The molecule has 1 heterocycles. The third kappa shape index (κ3) is 3.41. The van der Waals surface area contributed by atoms with Crippen molar-refractivity contribution in [1.29, 1.82) is 0 Å². The standard InChI is InChI=1S/C15H16Cl2N2O/c1-4-5-13-18-14(17)10(3)15(19-13)20-12-8-9(2)6-7-11(12)16/h6-8H,4-5H2,1-3H3. The van der Waals surface area contributed by atoms with Gasteiger partial charge in [-0.1, -0.05) is 36.2 Å². The first-order valence-corrected chi connectivity index (χ1v) is 7.24. The molecule has 0 saturated heterocycles. The maximum absolute atomic E-state index is 6.14. The van der Waals surface area contributed by atoms with E-state index in [1.807, 2.05) is 26.0 Å². The lowest BCUT2D eigenvalue weighted by molar-refractivity contribution is 0.454. The third-order valence-electron chi connectivity index (χ3n) is 2.86. The topological polar surface area (TPSA) is 35.0 Å². The first-order valence-electron chi connectivity index (χ1n) is 6.48. The van der Waals surface area contributed by atoms with E-state index in [4.69, 9.17) is 27.9 Å². The second-order valence-electron chi connectivity index (χ2n) is 4.65. The molecule has 1 aromatic carbocycles. The zero-order valence-corrected chi connectivity index (χ0v) is 13.2. The van der Waals surface area contributed by atoms with Gasteiger partial charge in [-0.25, -0.2) is 4.98 Å². The minimum atomic E-state index is 0.419. The number of hydrogen-bond donors (Lipinski definition) is 0. The Morgan fingerprint density at radius 3 is 2.60 bits per heavy atom. The van der Waals surface area contributed by atoms with Crippen molar-refractivity contribution in [2.45, 2.75) is 33.6 Å². The third-order valence-corrected chi connectivity index (χ3v) is 3.54. The Balaban J connectivity index is 2.39. The van der Waals surface area contributed by atoms with Gasteiger partial charge in [0.05, 0.1) is 5.02 Å². The van der Waals surface area contributed by atoms with Crippen molar-refractivity contribution in [2.75, 3.05) is 0 Å². The molecule has 0 saturated carbocycles. The molecule has 2 aromatic rings. The van der Waals surface area contributed by atoms with Crippen molar-refractivity contribution in [3.63, 3.8) is 0 Å². The maximum atomic E-state index is 6.14. The van der Waals surface area contributed by atoms with E-state index in [0.29, 0.717) is 33.2 Å². The summed E-state index contributed by atoms with van der Waals surface area (Å²) in [7, 11) is 0. The van der Waals surface area contributed by atoms with E-state index in [2.05, 4.69) is 16.9 Å². The van der Waals surface area contributed by atoms with Gasteiger partial charge in [0.1, 0.15) is 16.7 Å². The molecule has 20 heavy (non-hydrogen) atoms. The molecular formula is C15H16Cl2N2O. The molecule has 0 aliphatic rings. The summed E-state index contributed by atoms with van der Waals surface area (Å²) in [5.41, 5.74) is 1.78. The van der Waals surface area contributed by atoms with Gasteiger partial charge in [-0.2, -0.15) is 4.98 Å². The highest BCUT2D eigenvalue weighted by molar-refractivity contribution is 6.32. The number of ether oxygens (including phenoxy) is 1. The fourth-order valence-electron chi connectivity index (χ4n) is 1.74. The van der Waals surface area contributed by atoms with E-state index in [1.165, 1.54) is 0 Å². The average Bonchev–Trinajstić information content (AvgIpc) is 2.40. The maximum Gasteiger partial charge on any atom is 0.227 e. The zero-order valence-electron chi connectivity index (χ0n) is 11.7. The second kappa shape index (κ2) is 6.42. The highest BCUT2D eigenvalue weighted by atomic mass is 35.5. The van der Waals surface area contributed by atoms with Gasteiger partial charge in [0.15, 0.2) is 0 Å². The lowest BCUT2D eigenvalue weighted by atomic mass is 10.2. The number of aromatic nitrogens is 2. The smallest absolute Gasteiger partial charge is 0.227 e. The summed E-state index contributed by atoms with van der Waals surface area (Å²) in [6.07, 6.45) is 1.71. The molecule has 0 radical (unpaired) electrons. The van der Waals surface area contributed by atoms with Crippen LogP contribution in [0.3, 0.4) is 0 Å². The van der Waals surface area contributed by atoms with Crippen LogP contribution in [-0.4, -0.2) is 9.97 Å². The fourth-order valence-corrected chi connectivity index (χ4v) is 2.07. The van der Waals surface area contributed by atoms with Crippen molar-refractivity contribution in [3.05, 3.63) is 45.3 Å². The van der Waals surface area contributed by atoms with Gasteiger partial charge < -0.3 is 4.74 Å². The Morgan fingerprint density at radius 2 is 1.90 bits per heavy atom. The first-order chi connectivity index (χ1) is 9.51. The molecule has 0 aliphatic carbocycles. The average molecular weight is 311 g/mol. The lowest BCUT2D eigenvalue weighted by Gasteiger charge is -2.11. The highest BCUT2D eigenvalue weighted by Crippen LogP contribution is 2.32. The van der Waals surface area contributed by atoms with Gasteiger partial charge in [-0.05, 0) is 38.0 Å². The number of hydrogen-bond acceptors (Lipinski definition) is 3. The summed E-state index contributed by atoms with van der Waals surface area (Å²) < 4.78 is 5.82. The molecule has 5 heteroatoms. The van der Waals surface area contributed by atoms with E-state index in [-0.39, 0.29) is 0 Å². The molecule has 0 unspecified atom stereocenters. The molecular weight excluding hydrogens is 295 g/mol. The molecule has 0 atom stereocenters. The van der Waals surface area contributed by atoms with E-state index < -0.39 is 0 Å². The Kier molecular flexibility index (Phi) is 4.84. The minimum absolute atomic E-state index is 0.419. The van der Waals surface area contributed by atoms with Crippen LogP contribution in [-0.2, 0) is 6.42 Å². The van der Waals surface area contributed by atoms with Crippen LogP contribution in [0.2, 0.25) is 10.2 Å². The molecule has 2 rings (SSSR count). The molecule has 0 spiro atoms. The van der Waals surface area contributed by atoms with Crippen LogP contribution in [0.5, 0.6) is 11.6 Å². The second-order valence-corrected chi connectivity index (χ2v) is 5.41. The van der Waals surface area contributed by atoms with Crippen molar-refractivity contribution in [1.82, 2.24) is 9.97 Å². The van der Waals surface area contributed by atoms with Crippen molar-refractivity contribution in [3.8, 4) is 11.6 Å². The zero-order chi connectivity index (χ0) is 14.7. The van der Waals surface area contributed by atoms with Crippen LogP contribution in [0.4, 0.5) is 0 Å². The highest BCUT2D eigenvalue weighted by Gasteiger charge is 2.13. The fraction of sp³-hybridized carbons (Fsp3) is 0.333. The van der Waals surface area contributed by atoms with Gasteiger partial charge >= 0.3 is 0 Å². The van der Waals surface area contributed by atoms with Gasteiger partial charge in [-0.3, -0.25) is 0 Å². The van der Waals surface area contributed by atoms with Gasteiger partial charge in [0, 0.05) is 12.0 Å². The molecule has 0 aliphatic heterocycles. The van der Waals surface area contributed by atoms with Crippen molar-refractivity contribution >= 4 is 23.2 Å². The Hall–Kier alpha value is -1.32. The van der Waals surface area contributed by atoms with E-state index in [0.717, 1.165) is 18.4 Å². The Bertz CT molecular complexity index is 630. The Morgan fingerprint density at radius 1 is 1.15 bits per heavy atom. The van der Waals surface area contributed by atoms with E-state index in [1.54, 1.807) is 6.07 Å². The molecule has 0 bridgehead atoms. The summed E-state index contributed by atoms with van der Waals surface area (Å²) >= 11 is 12.3. The Labute approximate surface area is 128 Å². The van der Waals surface area contributed by atoms with Crippen LogP contribution in [0.1, 0.15) is 30.3 Å². The van der Waals surface area contributed by atoms with Gasteiger partial charge in [0.2, 0.25) is 5.88 Å². The summed E-state index contributed by atoms with van der Waals surface area (Å²) in [5, 5.41) is 0.962. The summed E-state index contributed by atoms with van der Waals surface area (Å²) in [6, 6.07) is 5.60. The molecule has 0 N–H and O–H groups in total. The SMILES string of the molecule is CCCc1nc(Cl)c(C)c(Oc2cc(C)ccc2Cl)n1. The van der Waals surface area contributed by atoms with Crippen LogP contribution >= 0.6 is 23.2 Å². The van der Waals surface area contributed by atoms with E-state index in [9.17, 15) is 0 Å². The van der Waals surface area contributed by atoms with Crippen molar-refractivity contribution < 1.29 is 4.74 Å². The van der Waals surface area contributed by atoms with Crippen LogP contribution < -0.4 is 4.74 Å². The normalized spacial score (nSPS) is 10.7. The summed E-state index contributed by atoms with van der Waals surface area (Å²) in [6.45, 7) is 5.87. The summed E-state index contributed by atoms with van der Waals surface area (Å²) in [4.78, 5) is 8.66. The predicted octanol–water partition coefficient (Wildman–Crippen LogP) is 5.15. The summed E-state index contributed by atoms with van der Waals surface area (Å²) in [5.74, 6) is 1.72. The molecule has 106 valence electrons. The first kappa shape index (κ1) is 15.1. The van der Waals surface area contributed by atoms with Crippen LogP contribution in [0, 0.1) is 13.8 Å². The number of nitrogens with zero attached hydrogens (tertiary/aromatic N) is 2. The van der Waals surface area contributed by atoms with Crippen LogP contribution in [0.25, 0.3) is 0 Å². The predicted molar refractivity (Wildman–Crippen MR) is 82.0 cm³/mol. The number of rotatable bonds is 4. The minimum Gasteiger partial charge on any atom is -0.437 e. The largest absolute Gasteiger partial charge is 0.437 e.